The molecule has 0 atom stereocenters. The molecule has 8 heteroatoms. The number of rotatable bonds is 5. The zero-order valence-corrected chi connectivity index (χ0v) is 12.9. The number of aromatic nitrogens is 4. The molecule has 0 bridgehead atoms. The molecule has 0 unspecified atom stereocenters. The Morgan fingerprint density at radius 2 is 2.14 bits per heavy atom. The van der Waals surface area contributed by atoms with Crippen molar-refractivity contribution in [1.82, 2.24) is 20.1 Å². The van der Waals surface area contributed by atoms with Crippen LogP contribution in [0.4, 0.5) is 11.8 Å². The van der Waals surface area contributed by atoms with E-state index < -0.39 is 0 Å². The van der Waals surface area contributed by atoms with Crippen molar-refractivity contribution in [3.05, 3.63) is 23.2 Å². The fourth-order valence-electron chi connectivity index (χ4n) is 1.85. The molecule has 3 aromatic rings. The molecule has 0 amide bonds. The van der Waals surface area contributed by atoms with Crippen LogP contribution in [-0.2, 0) is 13.0 Å². The van der Waals surface area contributed by atoms with Gasteiger partial charge in [0.25, 0.3) is 5.95 Å². The minimum Gasteiger partial charge on any atom is -0.360 e. The van der Waals surface area contributed by atoms with Gasteiger partial charge >= 0.3 is 0 Å². The molecule has 110 valence electrons. The normalized spacial score (nSPS) is 11.0. The molecule has 3 heterocycles. The highest BCUT2D eigenvalue weighted by atomic mass is 32.1. The molecule has 21 heavy (non-hydrogen) atoms. The quantitative estimate of drug-likeness (QED) is 0.774. The highest BCUT2D eigenvalue weighted by molar-refractivity contribution is 7.16. The maximum atomic E-state index is 5.19. The van der Waals surface area contributed by atoms with Crippen LogP contribution in [0.3, 0.4) is 0 Å². The third-order valence-corrected chi connectivity index (χ3v) is 3.76. The molecule has 7 nitrogen and oxygen atoms in total. The van der Waals surface area contributed by atoms with Gasteiger partial charge < -0.3 is 14.7 Å². The van der Waals surface area contributed by atoms with Gasteiger partial charge in [0.1, 0.15) is 16.5 Å². The van der Waals surface area contributed by atoms with Crippen molar-refractivity contribution in [3.63, 3.8) is 0 Å². The predicted molar refractivity (Wildman–Crippen MR) is 82.7 cm³/mol. The van der Waals surface area contributed by atoms with Crippen LogP contribution >= 0.6 is 11.3 Å². The molecule has 3 aromatic heterocycles. The minimum atomic E-state index is 0.436. The molecule has 0 aliphatic rings. The van der Waals surface area contributed by atoms with E-state index in [1.165, 1.54) is 0 Å². The Hall–Kier alpha value is -2.22. The lowest BCUT2D eigenvalue weighted by molar-refractivity contribution is 0.383. The summed E-state index contributed by atoms with van der Waals surface area (Å²) in [6.45, 7) is 2.48. The summed E-state index contributed by atoms with van der Waals surface area (Å²) in [5.74, 6) is 2.72. The summed E-state index contributed by atoms with van der Waals surface area (Å²) in [4.78, 5) is 16.1. The van der Waals surface area contributed by atoms with E-state index in [0.717, 1.165) is 28.3 Å². The van der Waals surface area contributed by atoms with Crippen molar-refractivity contribution < 1.29 is 4.52 Å². The first-order valence-electron chi connectivity index (χ1n) is 6.65. The molecular formula is C13H16N6OS. The Bertz CT molecular complexity index is 750. The number of nitrogens with one attached hydrogen (secondary N) is 1. The Labute approximate surface area is 126 Å². The summed E-state index contributed by atoms with van der Waals surface area (Å²) in [5, 5.41) is 10.2. The molecule has 0 aromatic carbocycles. The van der Waals surface area contributed by atoms with E-state index in [0.29, 0.717) is 18.4 Å². The van der Waals surface area contributed by atoms with E-state index in [-0.39, 0.29) is 0 Å². The summed E-state index contributed by atoms with van der Waals surface area (Å²) < 4.78 is 5.19. The number of aryl methyl sites for hydroxylation is 1. The van der Waals surface area contributed by atoms with Crippen molar-refractivity contribution >= 4 is 33.3 Å². The first-order valence-corrected chi connectivity index (χ1v) is 7.53. The molecule has 3 rings (SSSR count). The number of nitrogens with zero attached hydrogens (tertiary/aromatic N) is 5. The number of hydrogen-bond acceptors (Lipinski definition) is 8. The largest absolute Gasteiger partial charge is 0.360 e. The van der Waals surface area contributed by atoms with Crippen LogP contribution in [0.25, 0.3) is 10.2 Å². The molecule has 0 radical (unpaired) electrons. The highest BCUT2D eigenvalue weighted by Crippen LogP contribution is 2.25. The van der Waals surface area contributed by atoms with Crippen molar-refractivity contribution in [2.24, 2.45) is 0 Å². The lowest BCUT2D eigenvalue weighted by Gasteiger charge is -2.06. The third-order valence-electron chi connectivity index (χ3n) is 2.95. The SMILES string of the molecule is CCc1nc(NCc2nc(N(C)C)no2)c2ccsc2n1. The number of fused-ring (bicyclic) bond motifs is 1. The summed E-state index contributed by atoms with van der Waals surface area (Å²) in [7, 11) is 3.74. The minimum absolute atomic E-state index is 0.436. The number of hydrogen-bond donors (Lipinski definition) is 1. The molecule has 1 N–H and O–H groups in total. The van der Waals surface area contributed by atoms with E-state index >= 15 is 0 Å². The van der Waals surface area contributed by atoms with Crippen LogP contribution in [-0.4, -0.2) is 34.2 Å². The van der Waals surface area contributed by atoms with Gasteiger partial charge in [0.15, 0.2) is 0 Å². The average Bonchev–Trinajstić information content (AvgIpc) is 3.13. The fraction of sp³-hybridized carbons (Fsp3) is 0.385. The molecular weight excluding hydrogens is 288 g/mol. The second kappa shape index (κ2) is 5.65. The second-order valence-corrected chi connectivity index (χ2v) is 5.61. The summed E-state index contributed by atoms with van der Waals surface area (Å²) in [6.07, 6.45) is 0.799. The zero-order valence-electron chi connectivity index (χ0n) is 12.1. The van der Waals surface area contributed by atoms with Crippen LogP contribution in [0.15, 0.2) is 16.0 Å². The van der Waals surface area contributed by atoms with Crippen LogP contribution in [0.5, 0.6) is 0 Å². The van der Waals surface area contributed by atoms with Crippen LogP contribution in [0, 0.1) is 0 Å². The Balaban J connectivity index is 1.82. The van der Waals surface area contributed by atoms with Crippen molar-refractivity contribution in [2.75, 3.05) is 24.3 Å². The predicted octanol–water partition coefficient (Wildman–Crippen LogP) is 2.31. The lowest BCUT2D eigenvalue weighted by atomic mass is 10.3. The Kier molecular flexibility index (Phi) is 3.70. The van der Waals surface area contributed by atoms with E-state index in [1.54, 1.807) is 16.2 Å². The summed E-state index contributed by atoms with van der Waals surface area (Å²) in [5.41, 5.74) is 0. The summed E-state index contributed by atoms with van der Waals surface area (Å²) in [6, 6.07) is 2.01. The molecule has 0 saturated heterocycles. The van der Waals surface area contributed by atoms with Gasteiger partial charge in [-0.15, -0.1) is 11.3 Å². The topological polar surface area (TPSA) is 80.0 Å². The average molecular weight is 304 g/mol. The molecule has 0 aliphatic heterocycles. The maximum absolute atomic E-state index is 5.19. The van der Waals surface area contributed by atoms with Gasteiger partial charge in [-0.1, -0.05) is 6.92 Å². The van der Waals surface area contributed by atoms with Crippen molar-refractivity contribution in [1.29, 1.82) is 0 Å². The molecule has 0 fully saturated rings. The zero-order chi connectivity index (χ0) is 14.8. The molecule has 0 spiro atoms. The standard InChI is InChI=1S/C13H16N6OS/c1-4-9-15-11(8-5-6-21-12(8)16-9)14-7-10-17-13(18-20-10)19(2)3/h5-6H,4,7H2,1-3H3,(H,14,15,16). The van der Waals surface area contributed by atoms with Gasteiger partial charge in [0.2, 0.25) is 5.89 Å². The highest BCUT2D eigenvalue weighted by Gasteiger charge is 2.11. The first-order chi connectivity index (χ1) is 10.2. The fourth-order valence-corrected chi connectivity index (χ4v) is 2.63. The monoisotopic (exact) mass is 304 g/mol. The Morgan fingerprint density at radius 1 is 1.29 bits per heavy atom. The van der Waals surface area contributed by atoms with Gasteiger partial charge in [-0.25, -0.2) is 9.97 Å². The molecule has 0 aliphatic carbocycles. The van der Waals surface area contributed by atoms with Crippen LogP contribution in [0.2, 0.25) is 0 Å². The van der Waals surface area contributed by atoms with E-state index in [4.69, 9.17) is 4.52 Å². The number of thiophene rings is 1. The van der Waals surface area contributed by atoms with Crippen molar-refractivity contribution in [3.8, 4) is 0 Å². The van der Waals surface area contributed by atoms with Crippen LogP contribution < -0.4 is 10.2 Å². The van der Waals surface area contributed by atoms with Gasteiger partial charge in [-0.05, 0) is 16.6 Å². The van der Waals surface area contributed by atoms with Crippen molar-refractivity contribution in [2.45, 2.75) is 19.9 Å². The Morgan fingerprint density at radius 3 is 2.86 bits per heavy atom. The van der Waals surface area contributed by atoms with E-state index in [9.17, 15) is 0 Å². The molecule has 0 saturated carbocycles. The second-order valence-electron chi connectivity index (χ2n) is 4.72. The van der Waals surface area contributed by atoms with Gasteiger partial charge in [-0.3, -0.25) is 0 Å². The third kappa shape index (κ3) is 2.80. The van der Waals surface area contributed by atoms with Gasteiger partial charge in [0, 0.05) is 20.5 Å². The van der Waals surface area contributed by atoms with E-state index in [2.05, 4.69) is 25.4 Å². The van der Waals surface area contributed by atoms with Gasteiger partial charge in [-0.2, -0.15) is 4.98 Å². The number of anilines is 2. The smallest absolute Gasteiger partial charge is 0.265 e. The van der Waals surface area contributed by atoms with E-state index in [1.807, 2.05) is 32.5 Å². The lowest BCUT2D eigenvalue weighted by Crippen LogP contribution is -2.10. The van der Waals surface area contributed by atoms with Gasteiger partial charge in [0.05, 0.1) is 11.9 Å². The van der Waals surface area contributed by atoms with Crippen LogP contribution in [0.1, 0.15) is 18.6 Å². The maximum Gasteiger partial charge on any atom is 0.265 e. The summed E-state index contributed by atoms with van der Waals surface area (Å²) >= 11 is 1.61. The first kappa shape index (κ1) is 13.7.